The quantitative estimate of drug-likeness (QED) is 0.724. The van der Waals surface area contributed by atoms with E-state index in [1.807, 2.05) is 6.07 Å². The highest BCUT2D eigenvalue weighted by Gasteiger charge is 2.18. The van der Waals surface area contributed by atoms with E-state index in [2.05, 4.69) is 29.4 Å². The summed E-state index contributed by atoms with van der Waals surface area (Å²) in [4.78, 5) is 12.2. The molecule has 1 aromatic carbocycles. The zero-order valence-corrected chi connectivity index (χ0v) is 16.5. The highest BCUT2D eigenvalue weighted by Crippen LogP contribution is 2.40. The average Bonchev–Trinajstić information content (AvgIpc) is 3.14. The van der Waals surface area contributed by atoms with Crippen LogP contribution >= 0.6 is 11.3 Å². The zero-order chi connectivity index (χ0) is 19.2. The molecule has 0 spiro atoms. The van der Waals surface area contributed by atoms with E-state index in [1.54, 1.807) is 19.3 Å². The predicted molar refractivity (Wildman–Crippen MR) is 105 cm³/mol. The fourth-order valence-electron chi connectivity index (χ4n) is 2.80. The number of hydrogen-bond acceptors (Lipinski definition) is 7. The Labute approximate surface area is 162 Å². The first kappa shape index (κ1) is 19.2. The van der Waals surface area contributed by atoms with Crippen LogP contribution in [0.2, 0.25) is 0 Å². The van der Waals surface area contributed by atoms with Gasteiger partial charge in [0, 0.05) is 12.0 Å². The molecule has 27 heavy (non-hydrogen) atoms. The molecule has 7 nitrogen and oxygen atoms in total. The van der Waals surface area contributed by atoms with Gasteiger partial charge in [0.2, 0.25) is 16.8 Å². The number of benzene rings is 1. The van der Waals surface area contributed by atoms with Crippen LogP contribution in [0.4, 0.5) is 5.13 Å². The third kappa shape index (κ3) is 4.57. The molecule has 0 unspecified atom stereocenters. The Morgan fingerprint density at radius 2 is 2.07 bits per heavy atom. The van der Waals surface area contributed by atoms with Gasteiger partial charge >= 0.3 is 0 Å². The Bertz CT molecular complexity index is 813. The van der Waals surface area contributed by atoms with Crippen molar-refractivity contribution in [1.82, 2.24) is 10.2 Å². The molecule has 1 N–H and O–H groups in total. The largest absolute Gasteiger partial charge is 0.493 e. The van der Waals surface area contributed by atoms with Gasteiger partial charge in [0.1, 0.15) is 18.2 Å². The SMILES string of the molecule is CCC(CC)c1nnc(NC(=O)/C=C/c2cc(OC)c3c(c2)OCCO3)s1. The van der Waals surface area contributed by atoms with Crippen LogP contribution in [0.1, 0.15) is 43.2 Å². The number of ether oxygens (including phenoxy) is 3. The van der Waals surface area contributed by atoms with Crippen LogP contribution in [0, 0.1) is 0 Å². The van der Waals surface area contributed by atoms with Crippen LogP contribution in [-0.4, -0.2) is 36.4 Å². The maximum absolute atomic E-state index is 12.2. The number of amides is 1. The molecule has 0 radical (unpaired) electrons. The second kappa shape index (κ2) is 8.85. The summed E-state index contributed by atoms with van der Waals surface area (Å²) in [6.07, 6.45) is 5.15. The molecule has 0 bridgehead atoms. The van der Waals surface area contributed by atoms with E-state index in [9.17, 15) is 4.79 Å². The van der Waals surface area contributed by atoms with Gasteiger partial charge in [-0.05, 0) is 36.6 Å². The van der Waals surface area contributed by atoms with Crippen molar-refractivity contribution in [3.05, 3.63) is 28.8 Å². The zero-order valence-electron chi connectivity index (χ0n) is 15.7. The molecular formula is C19H23N3O4S. The number of rotatable bonds is 7. The minimum atomic E-state index is -0.267. The standard InChI is InChI=1S/C19H23N3O4S/c1-4-13(5-2)18-21-22-19(27-18)20-16(23)7-6-12-10-14(24-3)17-15(11-12)25-8-9-26-17/h6-7,10-11,13H,4-5,8-9H2,1-3H3,(H,20,22,23)/b7-6+. The highest BCUT2D eigenvalue weighted by molar-refractivity contribution is 7.15. The van der Waals surface area contributed by atoms with Crippen LogP contribution in [0.15, 0.2) is 18.2 Å². The van der Waals surface area contributed by atoms with Crippen molar-refractivity contribution in [2.24, 2.45) is 0 Å². The van der Waals surface area contributed by atoms with Crippen molar-refractivity contribution >= 4 is 28.5 Å². The number of carbonyl (C=O) groups excluding carboxylic acids is 1. The Balaban J connectivity index is 1.68. The third-order valence-electron chi connectivity index (χ3n) is 4.28. The summed E-state index contributed by atoms with van der Waals surface area (Å²) in [5.41, 5.74) is 0.779. The smallest absolute Gasteiger partial charge is 0.250 e. The van der Waals surface area contributed by atoms with Crippen molar-refractivity contribution in [2.75, 3.05) is 25.6 Å². The molecule has 1 aliphatic heterocycles. The molecular weight excluding hydrogens is 366 g/mol. The Morgan fingerprint density at radius 1 is 1.30 bits per heavy atom. The number of fused-ring (bicyclic) bond motifs is 1. The number of nitrogens with one attached hydrogen (secondary N) is 1. The lowest BCUT2D eigenvalue weighted by atomic mass is 10.1. The number of carbonyl (C=O) groups is 1. The lowest BCUT2D eigenvalue weighted by Gasteiger charge is -2.20. The second-order valence-corrected chi connectivity index (χ2v) is 7.04. The fourth-order valence-corrected chi connectivity index (χ4v) is 3.81. The molecule has 0 saturated heterocycles. The molecule has 0 saturated carbocycles. The van der Waals surface area contributed by atoms with Gasteiger partial charge in [-0.25, -0.2) is 0 Å². The van der Waals surface area contributed by atoms with E-state index >= 15 is 0 Å². The summed E-state index contributed by atoms with van der Waals surface area (Å²) in [5.74, 6) is 1.89. The number of aromatic nitrogens is 2. The van der Waals surface area contributed by atoms with Gasteiger partial charge in [-0.15, -0.1) is 10.2 Å². The molecule has 1 aromatic heterocycles. The minimum absolute atomic E-state index is 0.267. The van der Waals surface area contributed by atoms with Gasteiger partial charge in [0.15, 0.2) is 11.5 Å². The lowest BCUT2D eigenvalue weighted by molar-refractivity contribution is -0.111. The van der Waals surface area contributed by atoms with E-state index in [4.69, 9.17) is 14.2 Å². The maximum Gasteiger partial charge on any atom is 0.250 e. The van der Waals surface area contributed by atoms with Crippen LogP contribution in [0.25, 0.3) is 6.08 Å². The van der Waals surface area contributed by atoms with Gasteiger partial charge in [0.25, 0.3) is 0 Å². The van der Waals surface area contributed by atoms with Crippen LogP contribution in [0.3, 0.4) is 0 Å². The van der Waals surface area contributed by atoms with Gasteiger partial charge < -0.3 is 14.2 Å². The van der Waals surface area contributed by atoms with Crippen molar-refractivity contribution in [2.45, 2.75) is 32.6 Å². The fraction of sp³-hybridized carbons (Fsp3) is 0.421. The summed E-state index contributed by atoms with van der Waals surface area (Å²) < 4.78 is 16.5. The Hall–Kier alpha value is -2.61. The first-order valence-electron chi connectivity index (χ1n) is 8.94. The number of methoxy groups -OCH3 is 1. The van der Waals surface area contributed by atoms with Gasteiger partial charge in [-0.1, -0.05) is 25.2 Å². The van der Waals surface area contributed by atoms with Gasteiger partial charge in [-0.2, -0.15) is 0 Å². The Morgan fingerprint density at radius 3 is 2.81 bits per heavy atom. The molecule has 3 rings (SSSR count). The monoisotopic (exact) mass is 389 g/mol. The van der Waals surface area contributed by atoms with Crippen molar-refractivity contribution in [3.8, 4) is 17.2 Å². The van der Waals surface area contributed by atoms with E-state index in [1.165, 1.54) is 17.4 Å². The normalized spacial score (nSPS) is 13.2. The lowest BCUT2D eigenvalue weighted by Crippen LogP contribution is -2.16. The average molecular weight is 389 g/mol. The maximum atomic E-state index is 12.2. The molecule has 0 atom stereocenters. The summed E-state index contributed by atoms with van der Waals surface area (Å²) in [7, 11) is 1.57. The highest BCUT2D eigenvalue weighted by atomic mass is 32.1. The molecule has 1 aliphatic rings. The number of anilines is 1. The summed E-state index contributed by atoms with van der Waals surface area (Å²) in [6, 6.07) is 3.62. The molecule has 2 heterocycles. The molecule has 8 heteroatoms. The van der Waals surface area contributed by atoms with E-state index < -0.39 is 0 Å². The van der Waals surface area contributed by atoms with E-state index in [0.717, 1.165) is 23.4 Å². The molecule has 0 fully saturated rings. The van der Waals surface area contributed by atoms with Crippen molar-refractivity contribution in [1.29, 1.82) is 0 Å². The summed E-state index contributed by atoms with van der Waals surface area (Å²) in [6.45, 7) is 5.22. The van der Waals surface area contributed by atoms with Crippen LogP contribution < -0.4 is 19.5 Å². The van der Waals surface area contributed by atoms with Gasteiger partial charge in [-0.3, -0.25) is 10.1 Å². The predicted octanol–water partition coefficient (Wildman–Crippen LogP) is 3.87. The first-order valence-corrected chi connectivity index (χ1v) is 9.76. The third-order valence-corrected chi connectivity index (χ3v) is 5.28. The molecule has 2 aromatic rings. The summed E-state index contributed by atoms with van der Waals surface area (Å²) in [5, 5.41) is 12.5. The van der Waals surface area contributed by atoms with Crippen LogP contribution in [-0.2, 0) is 4.79 Å². The van der Waals surface area contributed by atoms with Crippen molar-refractivity contribution in [3.63, 3.8) is 0 Å². The minimum Gasteiger partial charge on any atom is -0.493 e. The first-order chi connectivity index (χ1) is 13.1. The number of nitrogens with zero attached hydrogens (tertiary/aromatic N) is 2. The molecule has 144 valence electrons. The molecule has 0 aliphatic carbocycles. The van der Waals surface area contributed by atoms with E-state index in [0.29, 0.717) is 41.5 Å². The molecule has 1 amide bonds. The van der Waals surface area contributed by atoms with Gasteiger partial charge in [0.05, 0.1) is 7.11 Å². The number of hydrogen-bond donors (Lipinski definition) is 1. The Kier molecular flexibility index (Phi) is 6.28. The topological polar surface area (TPSA) is 82.6 Å². The van der Waals surface area contributed by atoms with Crippen LogP contribution in [0.5, 0.6) is 17.2 Å². The van der Waals surface area contributed by atoms with E-state index in [-0.39, 0.29) is 5.91 Å². The second-order valence-electron chi connectivity index (χ2n) is 6.03. The summed E-state index contributed by atoms with van der Waals surface area (Å²) >= 11 is 1.42. The van der Waals surface area contributed by atoms with Crippen molar-refractivity contribution < 1.29 is 19.0 Å².